The number of aromatic nitrogens is 4. The van der Waals surface area contributed by atoms with Crippen molar-refractivity contribution in [3.05, 3.63) is 63.9 Å². The summed E-state index contributed by atoms with van der Waals surface area (Å²) in [7, 11) is 0. The molecule has 0 spiro atoms. The van der Waals surface area contributed by atoms with E-state index in [0.717, 1.165) is 10.1 Å². The largest absolute Gasteiger partial charge is 0.493 e. The molecule has 0 fully saturated rings. The van der Waals surface area contributed by atoms with Crippen molar-refractivity contribution in [2.24, 2.45) is 11.8 Å². The van der Waals surface area contributed by atoms with E-state index in [2.05, 4.69) is 20.5 Å². The van der Waals surface area contributed by atoms with Crippen LogP contribution in [0.5, 0.6) is 5.88 Å². The first-order valence-electron chi connectivity index (χ1n) is 11.7. The molecule has 0 unspecified atom stereocenters. The topological polar surface area (TPSA) is 143 Å². The monoisotopic (exact) mass is 483 g/mol. The molecule has 2 aromatic heterocycles. The molecule has 1 aromatic carbocycles. The number of benzene rings is 1. The Morgan fingerprint density at radius 1 is 1.14 bits per heavy atom. The second-order valence-corrected chi connectivity index (χ2v) is 9.97. The van der Waals surface area contributed by atoms with Crippen molar-refractivity contribution in [3.63, 3.8) is 0 Å². The van der Waals surface area contributed by atoms with Gasteiger partial charge >= 0.3 is 5.69 Å². The van der Waals surface area contributed by atoms with Crippen LogP contribution in [0.3, 0.4) is 0 Å². The van der Waals surface area contributed by atoms with Crippen molar-refractivity contribution in [2.75, 3.05) is 0 Å². The fourth-order valence-corrected chi connectivity index (χ4v) is 3.79. The van der Waals surface area contributed by atoms with Gasteiger partial charge in [-0.25, -0.2) is 4.79 Å². The van der Waals surface area contributed by atoms with Crippen LogP contribution in [-0.2, 0) is 23.2 Å². The number of hydrogen-bond acceptors (Lipinski definition) is 7. The van der Waals surface area contributed by atoms with E-state index < -0.39 is 35.4 Å². The van der Waals surface area contributed by atoms with Crippen LogP contribution in [0.15, 0.2) is 39.5 Å². The fraction of sp³-hybridized carbons (Fsp3) is 0.480. The van der Waals surface area contributed by atoms with Gasteiger partial charge < -0.3 is 19.8 Å². The number of H-pyrrole nitrogens is 1. The number of ketones is 1. The van der Waals surface area contributed by atoms with Crippen molar-refractivity contribution in [3.8, 4) is 5.88 Å². The Balaban J connectivity index is 1.76. The lowest BCUT2D eigenvalue weighted by Crippen LogP contribution is -2.46. The van der Waals surface area contributed by atoms with Crippen molar-refractivity contribution >= 4 is 11.7 Å². The number of imidazole rings is 1. The molecule has 1 atom stereocenters. The van der Waals surface area contributed by atoms with E-state index in [1.807, 2.05) is 58.0 Å². The second-order valence-electron chi connectivity index (χ2n) is 9.97. The summed E-state index contributed by atoms with van der Waals surface area (Å²) in [5.74, 6) is -1.43. The predicted octanol–water partition coefficient (Wildman–Crippen LogP) is 2.81. The second kappa shape index (κ2) is 10.3. The number of Topliss-reactive ketones (excluding diaryl/α,β-unsaturated/α-hetero) is 1. The third-order valence-corrected chi connectivity index (χ3v) is 5.87. The van der Waals surface area contributed by atoms with Gasteiger partial charge in [0.15, 0.2) is 0 Å². The molecule has 3 N–H and O–H groups in total. The number of carbonyl (C=O) groups excluding carboxylic acids is 2. The maximum absolute atomic E-state index is 13.2. The Morgan fingerprint density at radius 2 is 1.80 bits per heavy atom. The Kier molecular flexibility index (Phi) is 7.62. The summed E-state index contributed by atoms with van der Waals surface area (Å²) in [4.78, 5) is 40.7. The molecule has 0 aliphatic carbocycles. The van der Waals surface area contributed by atoms with Gasteiger partial charge in [0.25, 0.3) is 5.89 Å². The molecular formula is C25H33N5O5. The molecule has 0 saturated carbocycles. The molecule has 1 amide bonds. The summed E-state index contributed by atoms with van der Waals surface area (Å²) in [5, 5.41) is 21.0. The molecule has 10 heteroatoms. The number of rotatable bonds is 10. The van der Waals surface area contributed by atoms with Gasteiger partial charge in [0.2, 0.25) is 23.5 Å². The van der Waals surface area contributed by atoms with E-state index in [1.165, 1.54) is 0 Å². The zero-order valence-electron chi connectivity index (χ0n) is 21.0. The van der Waals surface area contributed by atoms with Crippen molar-refractivity contribution in [2.45, 2.75) is 66.0 Å². The zero-order chi connectivity index (χ0) is 25.9. The van der Waals surface area contributed by atoms with Gasteiger partial charge in [0, 0.05) is 0 Å². The number of carbonyl (C=O) groups is 2. The minimum absolute atomic E-state index is 0.204. The zero-order valence-corrected chi connectivity index (χ0v) is 21.0. The highest BCUT2D eigenvalue weighted by molar-refractivity contribution is 5.98. The number of aromatic hydroxyl groups is 1. The molecule has 0 saturated heterocycles. The van der Waals surface area contributed by atoms with E-state index in [1.54, 1.807) is 13.8 Å². The van der Waals surface area contributed by atoms with Gasteiger partial charge in [-0.3, -0.25) is 14.2 Å². The van der Waals surface area contributed by atoms with Crippen LogP contribution in [0.25, 0.3) is 0 Å². The fourth-order valence-electron chi connectivity index (χ4n) is 3.79. The lowest BCUT2D eigenvalue weighted by molar-refractivity contribution is -0.122. The average Bonchev–Trinajstić information content (AvgIpc) is 3.39. The van der Waals surface area contributed by atoms with Crippen LogP contribution in [0, 0.1) is 11.8 Å². The lowest BCUT2D eigenvalue weighted by Gasteiger charge is -2.21. The van der Waals surface area contributed by atoms with Crippen LogP contribution in [0.2, 0.25) is 0 Å². The van der Waals surface area contributed by atoms with Crippen molar-refractivity contribution in [1.82, 2.24) is 25.1 Å². The highest BCUT2D eigenvalue weighted by Gasteiger charge is 2.34. The first-order chi connectivity index (χ1) is 16.4. The molecule has 0 radical (unpaired) electrons. The molecule has 35 heavy (non-hydrogen) atoms. The maximum Gasteiger partial charge on any atom is 0.329 e. The van der Waals surface area contributed by atoms with Gasteiger partial charge in [0.1, 0.15) is 6.54 Å². The van der Waals surface area contributed by atoms with E-state index in [4.69, 9.17) is 4.42 Å². The summed E-state index contributed by atoms with van der Waals surface area (Å²) in [6.07, 6.45) is 0.460. The minimum atomic E-state index is -0.956. The van der Waals surface area contributed by atoms with E-state index in [9.17, 15) is 19.5 Å². The van der Waals surface area contributed by atoms with Gasteiger partial charge in [-0.1, -0.05) is 58.0 Å². The number of aromatic amines is 1. The first-order valence-corrected chi connectivity index (χ1v) is 11.7. The summed E-state index contributed by atoms with van der Waals surface area (Å²) in [5.41, 5.74) is 0.105. The number of hydrogen-bond donors (Lipinski definition) is 3. The van der Waals surface area contributed by atoms with Crippen LogP contribution in [0.4, 0.5) is 0 Å². The highest BCUT2D eigenvalue weighted by atomic mass is 16.4. The Bertz CT molecular complexity index is 1240. The first kappa shape index (κ1) is 25.9. The number of nitrogens with zero attached hydrogens (tertiary/aromatic N) is 3. The summed E-state index contributed by atoms with van der Waals surface area (Å²) < 4.78 is 6.70. The molecule has 2 heterocycles. The van der Waals surface area contributed by atoms with Gasteiger partial charge in [-0.2, -0.15) is 0 Å². The molecule has 0 aliphatic rings. The standard InChI is InChI=1S/C25H33N5O5/c1-14(2)12-17-22(33)30(24(34)26-17)13-18(31)27-19(15(3)4)20(32)21-28-29-23(35-21)25(5,6)16-10-8-7-9-11-16/h7-11,14-15,19,33H,12-13H2,1-6H3,(H,26,34)(H,27,31)/t19-/m0/s1. The molecular weight excluding hydrogens is 450 g/mol. The van der Waals surface area contributed by atoms with Crippen LogP contribution < -0.4 is 11.0 Å². The van der Waals surface area contributed by atoms with Crippen molar-refractivity contribution in [1.29, 1.82) is 0 Å². The van der Waals surface area contributed by atoms with E-state index in [-0.39, 0.29) is 29.5 Å². The lowest BCUT2D eigenvalue weighted by atomic mass is 9.85. The Morgan fingerprint density at radius 3 is 2.40 bits per heavy atom. The molecule has 3 aromatic rings. The number of amides is 1. The molecule has 0 bridgehead atoms. The van der Waals surface area contributed by atoms with E-state index >= 15 is 0 Å². The quantitative estimate of drug-likeness (QED) is 0.376. The minimum Gasteiger partial charge on any atom is -0.493 e. The third kappa shape index (κ3) is 5.70. The molecule has 188 valence electrons. The predicted molar refractivity (Wildman–Crippen MR) is 129 cm³/mol. The van der Waals surface area contributed by atoms with Gasteiger partial charge in [-0.15, -0.1) is 10.2 Å². The smallest absolute Gasteiger partial charge is 0.329 e. The molecule has 0 aliphatic heterocycles. The highest BCUT2D eigenvalue weighted by Crippen LogP contribution is 2.30. The summed E-state index contributed by atoms with van der Waals surface area (Å²) in [6, 6.07) is 8.64. The Labute approximate surface area is 203 Å². The number of nitrogens with one attached hydrogen (secondary N) is 2. The van der Waals surface area contributed by atoms with Crippen LogP contribution >= 0.6 is 0 Å². The third-order valence-electron chi connectivity index (χ3n) is 5.87. The SMILES string of the molecule is CC(C)Cc1[nH]c(=O)n(CC(=O)N[C@H](C(=O)c2nnc(C(C)(C)c3ccccc3)o2)C(C)C)c1O. The molecule has 10 nitrogen and oxygen atoms in total. The van der Waals surface area contributed by atoms with Crippen LogP contribution in [0.1, 0.15) is 69.4 Å². The van der Waals surface area contributed by atoms with Crippen LogP contribution in [-0.4, -0.2) is 42.6 Å². The molecule has 3 rings (SSSR count). The Hall–Kier alpha value is -3.69. The van der Waals surface area contributed by atoms with E-state index in [0.29, 0.717) is 12.1 Å². The van der Waals surface area contributed by atoms with Gasteiger partial charge in [0.05, 0.1) is 17.2 Å². The maximum atomic E-state index is 13.2. The van der Waals surface area contributed by atoms with Gasteiger partial charge in [-0.05, 0) is 37.7 Å². The normalized spacial score (nSPS) is 12.8. The summed E-state index contributed by atoms with van der Waals surface area (Å²) in [6.45, 7) is 10.8. The van der Waals surface area contributed by atoms with Crippen molar-refractivity contribution < 1.29 is 19.1 Å². The average molecular weight is 484 g/mol. The summed E-state index contributed by atoms with van der Waals surface area (Å²) >= 11 is 0.